The zero-order chi connectivity index (χ0) is 14.4. The molecule has 0 aliphatic rings. The highest BCUT2D eigenvalue weighted by Crippen LogP contribution is 2.27. The lowest BCUT2D eigenvalue weighted by molar-refractivity contribution is 0.381. The molecule has 0 fully saturated rings. The summed E-state index contributed by atoms with van der Waals surface area (Å²) in [7, 11) is 1.53. The lowest BCUT2D eigenvalue weighted by Gasteiger charge is -2.16. The Morgan fingerprint density at radius 3 is 2.90 bits per heavy atom. The van der Waals surface area contributed by atoms with Gasteiger partial charge in [0, 0.05) is 23.0 Å². The number of benzene rings is 1. The second kappa shape index (κ2) is 7.18. The van der Waals surface area contributed by atoms with Crippen LogP contribution < -0.4 is 16.0 Å². The van der Waals surface area contributed by atoms with Gasteiger partial charge in [0.25, 0.3) is 0 Å². The van der Waals surface area contributed by atoms with Crippen molar-refractivity contribution >= 4 is 11.8 Å². The number of hydrogen-bond acceptors (Lipinski definition) is 6. The van der Waals surface area contributed by atoms with Crippen molar-refractivity contribution < 1.29 is 9.13 Å². The highest BCUT2D eigenvalue weighted by molar-refractivity contribution is 7.99. The molecule has 0 aliphatic carbocycles. The van der Waals surface area contributed by atoms with Gasteiger partial charge >= 0.3 is 0 Å². The van der Waals surface area contributed by atoms with Gasteiger partial charge in [-0.3, -0.25) is 16.3 Å². The highest BCUT2D eigenvalue weighted by atomic mass is 32.2. The van der Waals surface area contributed by atoms with Crippen LogP contribution in [-0.4, -0.2) is 22.8 Å². The molecule has 0 saturated heterocycles. The minimum Gasteiger partial charge on any atom is -0.480 e. The van der Waals surface area contributed by atoms with Gasteiger partial charge in [0.2, 0.25) is 5.88 Å². The Hall–Kier alpha value is -1.70. The van der Waals surface area contributed by atoms with Gasteiger partial charge in [-0.25, -0.2) is 9.37 Å². The van der Waals surface area contributed by atoms with Crippen molar-refractivity contribution in [3.05, 3.63) is 48.2 Å². The summed E-state index contributed by atoms with van der Waals surface area (Å²) < 4.78 is 18.3. The molecule has 2 aromatic rings. The van der Waals surface area contributed by atoms with E-state index in [0.29, 0.717) is 17.3 Å². The first kappa shape index (κ1) is 14.7. The van der Waals surface area contributed by atoms with Gasteiger partial charge in [-0.05, 0) is 18.2 Å². The van der Waals surface area contributed by atoms with Gasteiger partial charge in [0.05, 0.1) is 13.2 Å². The second-order valence-electron chi connectivity index (χ2n) is 3.94. The molecule has 1 atom stereocenters. The summed E-state index contributed by atoms with van der Waals surface area (Å²) in [6.45, 7) is 0. The van der Waals surface area contributed by atoms with Crippen LogP contribution in [0.15, 0.2) is 41.6 Å². The maximum absolute atomic E-state index is 13.1. The van der Waals surface area contributed by atoms with Gasteiger partial charge < -0.3 is 4.74 Å². The number of halogens is 1. The van der Waals surface area contributed by atoms with Crippen molar-refractivity contribution in [3.63, 3.8) is 0 Å². The summed E-state index contributed by atoms with van der Waals surface area (Å²) in [5, 5.41) is 0. The zero-order valence-electron chi connectivity index (χ0n) is 10.9. The molecule has 2 rings (SSSR count). The SMILES string of the molecule is COc1nccnc1C(CSc1cccc(F)c1)NN. The number of hydrogen-bond donors (Lipinski definition) is 2. The summed E-state index contributed by atoms with van der Waals surface area (Å²) in [5.74, 6) is 6.31. The smallest absolute Gasteiger partial charge is 0.237 e. The molecule has 0 saturated carbocycles. The Balaban J connectivity index is 2.09. The lowest BCUT2D eigenvalue weighted by Crippen LogP contribution is -2.30. The number of methoxy groups -OCH3 is 1. The molecule has 1 aromatic carbocycles. The molecule has 0 bridgehead atoms. The predicted octanol–water partition coefficient (Wildman–Crippen LogP) is 1.92. The van der Waals surface area contributed by atoms with E-state index in [0.717, 1.165) is 4.90 Å². The zero-order valence-corrected chi connectivity index (χ0v) is 11.7. The second-order valence-corrected chi connectivity index (χ2v) is 5.03. The molecule has 7 heteroatoms. The van der Waals surface area contributed by atoms with Crippen LogP contribution in [0.3, 0.4) is 0 Å². The van der Waals surface area contributed by atoms with Gasteiger partial charge in [-0.1, -0.05) is 6.07 Å². The number of thioether (sulfide) groups is 1. The number of nitrogens with two attached hydrogens (primary N) is 1. The van der Waals surface area contributed by atoms with E-state index >= 15 is 0 Å². The Morgan fingerprint density at radius 1 is 1.40 bits per heavy atom. The third-order valence-corrected chi connectivity index (χ3v) is 3.72. The van der Waals surface area contributed by atoms with E-state index in [-0.39, 0.29) is 11.9 Å². The van der Waals surface area contributed by atoms with Crippen LogP contribution in [-0.2, 0) is 0 Å². The van der Waals surface area contributed by atoms with Crippen LogP contribution in [0.4, 0.5) is 4.39 Å². The summed E-state index contributed by atoms with van der Waals surface area (Å²) in [5.41, 5.74) is 3.31. The molecule has 1 aromatic heterocycles. The number of nitrogens with one attached hydrogen (secondary N) is 1. The van der Waals surface area contributed by atoms with Gasteiger partial charge in [-0.15, -0.1) is 11.8 Å². The third kappa shape index (κ3) is 3.66. The van der Waals surface area contributed by atoms with E-state index in [1.165, 1.54) is 31.0 Å². The largest absolute Gasteiger partial charge is 0.480 e. The van der Waals surface area contributed by atoms with Crippen molar-refractivity contribution in [1.29, 1.82) is 0 Å². The third-order valence-electron chi connectivity index (χ3n) is 2.63. The van der Waals surface area contributed by atoms with Crippen molar-refractivity contribution in [2.45, 2.75) is 10.9 Å². The van der Waals surface area contributed by atoms with E-state index in [2.05, 4.69) is 15.4 Å². The van der Waals surface area contributed by atoms with Crippen molar-refractivity contribution in [2.24, 2.45) is 5.84 Å². The molecule has 1 heterocycles. The van der Waals surface area contributed by atoms with Crippen molar-refractivity contribution in [2.75, 3.05) is 12.9 Å². The molecule has 106 valence electrons. The Kier molecular flexibility index (Phi) is 5.28. The Morgan fingerprint density at radius 2 is 2.20 bits per heavy atom. The summed E-state index contributed by atoms with van der Waals surface area (Å²) in [4.78, 5) is 9.15. The maximum atomic E-state index is 13.1. The fourth-order valence-corrected chi connectivity index (χ4v) is 2.66. The Bertz CT molecular complexity index is 570. The van der Waals surface area contributed by atoms with E-state index < -0.39 is 0 Å². The molecule has 5 nitrogen and oxygen atoms in total. The number of hydrazine groups is 1. The molecule has 0 radical (unpaired) electrons. The molecule has 0 aliphatic heterocycles. The van der Waals surface area contributed by atoms with Crippen LogP contribution in [0.5, 0.6) is 5.88 Å². The van der Waals surface area contributed by atoms with Crippen LogP contribution in [0.25, 0.3) is 0 Å². The monoisotopic (exact) mass is 294 g/mol. The van der Waals surface area contributed by atoms with Crippen molar-refractivity contribution in [3.8, 4) is 5.88 Å². The first-order chi connectivity index (χ1) is 9.74. The van der Waals surface area contributed by atoms with E-state index in [1.807, 2.05) is 6.07 Å². The minimum absolute atomic E-state index is 0.244. The van der Waals surface area contributed by atoms with E-state index in [9.17, 15) is 4.39 Å². The quantitative estimate of drug-likeness (QED) is 0.482. The summed E-state index contributed by atoms with van der Waals surface area (Å²) >= 11 is 1.48. The Labute approximate surface area is 120 Å². The van der Waals surface area contributed by atoms with Crippen LogP contribution in [0.1, 0.15) is 11.7 Å². The molecular weight excluding hydrogens is 279 g/mol. The average Bonchev–Trinajstić information content (AvgIpc) is 2.48. The standard InChI is InChI=1S/C13H15FN4OS/c1-19-13-12(16-5-6-17-13)11(18-15)8-20-10-4-2-3-9(14)7-10/h2-7,11,18H,8,15H2,1H3. The fourth-order valence-electron chi connectivity index (χ4n) is 1.67. The number of aromatic nitrogens is 2. The van der Waals surface area contributed by atoms with Crippen LogP contribution >= 0.6 is 11.8 Å². The number of rotatable bonds is 6. The maximum Gasteiger partial charge on any atom is 0.237 e. The molecule has 1 unspecified atom stereocenters. The van der Waals surface area contributed by atoms with Crippen molar-refractivity contribution in [1.82, 2.24) is 15.4 Å². The number of nitrogens with zero attached hydrogens (tertiary/aromatic N) is 2. The normalized spacial score (nSPS) is 12.2. The molecule has 3 N–H and O–H groups in total. The van der Waals surface area contributed by atoms with Crippen LogP contribution in [0.2, 0.25) is 0 Å². The lowest BCUT2D eigenvalue weighted by atomic mass is 10.2. The predicted molar refractivity (Wildman–Crippen MR) is 75.8 cm³/mol. The average molecular weight is 294 g/mol. The first-order valence-corrected chi connectivity index (χ1v) is 6.92. The van der Waals surface area contributed by atoms with E-state index in [1.54, 1.807) is 18.5 Å². The number of ether oxygens (including phenoxy) is 1. The minimum atomic E-state index is -0.260. The molecule has 0 spiro atoms. The molecule has 0 amide bonds. The van der Waals surface area contributed by atoms with Crippen LogP contribution in [0, 0.1) is 5.82 Å². The molecule has 20 heavy (non-hydrogen) atoms. The topological polar surface area (TPSA) is 73.1 Å². The summed E-state index contributed by atoms with van der Waals surface area (Å²) in [6, 6.07) is 6.16. The fraction of sp³-hybridized carbons (Fsp3) is 0.231. The van der Waals surface area contributed by atoms with Gasteiger partial charge in [-0.2, -0.15) is 0 Å². The van der Waals surface area contributed by atoms with Gasteiger partial charge in [0.15, 0.2) is 0 Å². The summed E-state index contributed by atoms with van der Waals surface area (Å²) in [6.07, 6.45) is 3.13. The van der Waals surface area contributed by atoms with Gasteiger partial charge in [0.1, 0.15) is 11.5 Å². The molecular formula is C13H15FN4OS. The first-order valence-electron chi connectivity index (χ1n) is 5.94. The highest BCUT2D eigenvalue weighted by Gasteiger charge is 2.17. The van der Waals surface area contributed by atoms with E-state index in [4.69, 9.17) is 10.6 Å².